The van der Waals surface area contributed by atoms with E-state index in [4.69, 9.17) is 10.5 Å². The first-order valence-corrected chi connectivity index (χ1v) is 9.25. The number of H-pyrrole nitrogens is 1. The Hall–Kier alpha value is -2.83. The number of hydrogen-bond acceptors (Lipinski definition) is 8. The maximum Gasteiger partial charge on any atom is 0.257 e. The van der Waals surface area contributed by atoms with E-state index in [0.29, 0.717) is 33.3 Å². The molecular formula is C16H13N5O2S2. The Morgan fingerprint density at radius 3 is 3.08 bits per heavy atom. The summed E-state index contributed by atoms with van der Waals surface area (Å²) in [4.78, 5) is 20.8. The van der Waals surface area contributed by atoms with Crippen molar-refractivity contribution in [2.24, 2.45) is 5.73 Å². The first-order valence-electron chi connectivity index (χ1n) is 7.55. The van der Waals surface area contributed by atoms with Gasteiger partial charge in [0, 0.05) is 11.4 Å². The zero-order chi connectivity index (χ0) is 17.6. The van der Waals surface area contributed by atoms with Gasteiger partial charge in [-0.15, -0.1) is 11.3 Å². The van der Waals surface area contributed by atoms with Crippen LogP contribution in [0.2, 0.25) is 0 Å². The van der Waals surface area contributed by atoms with E-state index in [-0.39, 0.29) is 17.0 Å². The minimum absolute atomic E-state index is 0.0266. The molecule has 4 heterocycles. The zero-order valence-electron chi connectivity index (χ0n) is 13.1. The SMILES string of the molecule is CCNc1nc2[nH]c(=O)c3c(c2s1)OC(N)=C(C#N)[C@@H]3c1cccs1. The summed E-state index contributed by atoms with van der Waals surface area (Å²) in [5.74, 6) is -0.124. The number of pyridine rings is 1. The number of nitrogens with one attached hydrogen (secondary N) is 2. The molecule has 1 aliphatic rings. The third-order valence-corrected chi connectivity index (χ3v) is 5.83. The number of allylic oxidation sites excluding steroid dienone is 1. The van der Waals surface area contributed by atoms with Crippen LogP contribution in [-0.2, 0) is 0 Å². The van der Waals surface area contributed by atoms with Crippen molar-refractivity contribution in [2.45, 2.75) is 12.8 Å². The van der Waals surface area contributed by atoms with E-state index in [1.54, 1.807) is 0 Å². The monoisotopic (exact) mass is 371 g/mol. The molecule has 7 nitrogen and oxygen atoms in total. The Morgan fingerprint density at radius 2 is 2.40 bits per heavy atom. The number of aromatic amines is 1. The van der Waals surface area contributed by atoms with Crippen LogP contribution in [0.1, 0.15) is 23.3 Å². The standard InChI is InChI=1S/C16H13N5O2S2/c1-2-19-16-21-14-12(25-16)11-10(15(22)20-14)9(8-4-3-5-24-8)7(6-17)13(18)23-11/h3-5,9H,2,18H2,1H3,(H2,19,20,21,22)/t9-/m1/s1. The van der Waals surface area contributed by atoms with Gasteiger partial charge in [0.15, 0.2) is 16.5 Å². The summed E-state index contributed by atoms with van der Waals surface area (Å²) < 4.78 is 6.41. The molecule has 0 aliphatic carbocycles. The summed E-state index contributed by atoms with van der Waals surface area (Å²) in [6.45, 7) is 2.68. The number of hydrogen-bond donors (Lipinski definition) is 3. The number of nitriles is 1. The van der Waals surface area contributed by atoms with Crippen molar-refractivity contribution in [3.63, 3.8) is 0 Å². The molecule has 25 heavy (non-hydrogen) atoms. The molecule has 0 saturated heterocycles. The Balaban J connectivity index is 2.03. The van der Waals surface area contributed by atoms with E-state index in [1.165, 1.54) is 22.7 Å². The second kappa shape index (κ2) is 5.91. The lowest BCUT2D eigenvalue weighted by atomic mass is 9.89. The van der Waals surface area contributed by atoms with E-state index in [9.17, 15) is 10.1 Å². The van der Waals surface area contributed by atoms with Crippen LogP contribution in [0.4, 0.5) is 5.13 Å². The molecule has 126 valence electrons. The molecule has 0 bridgehead atoms. The highest BCUT2D eigenvalue weighted by Crippen LogP contribution is 2.45. The van der Waals surface area contributed by atoms with Gasteiger partial charge in [-0.1, -0.05) is 17.4 Å². The molecule has 1 aliphatic heterocycles. The summed E-state index contributed by atoms with van der Waals surface area (Å²) >= 11 is 2.85. The Labute approximate surface area is 150 Å². The van der Waals surface area contributed by atoms with Crippen molar-refractivity contribution in [2.75, 3.05) is 11.9 Å². The van der Waals surface area contributed by atoms with Crippen LogP contribution < -0.4 is 21.3 Å². The Bertz CT molecular complexity index is 1090. The molecular weight excluding hydrogens is 358 g/mol. The lowest BCUT2D eigenvalue weighted by molar-refractivity contribution is 0.398. The molecule has 0 unspecified atom stereocenters. The number of thiophene rings is 1. The van der Waals surface area contributed by atoms with Gasteiger partial charge in [-0.2, -0.15) is 5.26 Å². The maximum absolute atomic E-state index is 12.8. The van der Waals surface area contributed by atoms with Crippen molar-refractivity contribution in [1.29, 1.82) is 5.26 Å². The van der Waals surface area contributed by atoms with Gasteiger partial charge in [0.05, 0.1) is 11.5 Å². The maximum atomic E-state index is 12.8. The van der Waals surface area contributed by atoms with E-state index in [0.717, 1.165) is 4.88 Å². The van der Waals surface area contributed by atoms with Gasteiger partial charge >= 0.3 is 0 Å². The molecule has 3 aromatic rings. The lowest BCUT2D eigenvalue weighted by Gasteiger charge is -2.24. The molecule has 3 aromatic heterocycles. The first-order chi connectivity index (χ1) is 12.1. The van der Waals surface area contributed by atoms with Crippen LogP contribution in [0.25, 0.3) is 10.3 Å². The zero-order valence-corrected chi connectivity index (χ0v) is 14.8. The van der Waals surface area contributed by atoms with Crippen LogP contribution in [0.5, 0.6) is 5.75 Å². The first kappa shape index (κ1) is 15.7. The van der Waals surface area contributed by atoms with Crippen molar-refractivity contribution < 1.29 is 4.74 Å². The molecule has 0 fully saturated rings. The fourth-order valence-corrected chi connectivity index (χ4v) is 4.69. The van der Waals surface area contributed by atoms with Crippen molar-refractivity contribution in [3.05, 3.63) is 49.8 Å². The summed E-state index contributed by atoms with van der Waals surface area (Å²) in [5, 5.41) is 15.3. The molecule has 1 atom stereocenters. The molecule has 0 aromatic carbocycles. The van der Waals surface area contributed by atoms with E-state index < -0.39 is 5.92 Å². The van der Waals surface area contributed by atoms with Crippen molar-refractivity contribution >= 4 is 38.2 Å². The topological polar surface area (TPSA) is 117 Å². The predicted octanol–water partition coefficient (Wildman–Crippen LogP) is 2.70. The fraction of sp³-hybridized carbons (Fsp3) is 0.188. The van der Waals surface area contributed by atoms with Gasteiger partial charge in [0.1, 0.15) is 16.3 Å². The van der Waals surface area contributed by atoms with Gasteiger partial charge in [-0.05, 0) is 18.4 Å². The number of anilines is 1. The van der Waals surface area contributed by atoms with Gasteiger partial charge in [0.25, 0.3) is 5.56 Å². The lowest BCUT2D eigenvalue weighted by Crippen LogP contribution is -2.27. The quantitative estimate of drug-likeness (QED) is 0.652. The van der Waals surface area contributed by atoms with Crippen LogP contribution >= 0.6 is 22.7 Å². The average molecular weight is 371 g/mol. The second-order valence-corrected chi connectivity index (χ2v) is 7.34. The molecule has 4 rings (SSSR count). The number of rotatable bonds is 3. The highest BCUT2D eigenvalue weighted by Gasteiger charge is 2.35. The van der Waals surface area contributed by atoms with Crippen molar-refractivity contribution in [3.8, 4) is 11.8 Å². The van der Waals surface area contributed by atoms with E-state index in [2.05, 4.69) is 21.4 Å². The Morgan fingerprint density at radius 1 is 1.56 bits per heavy atom. The summed E-state index contributed by atoms with van der Waals surface area (Å²) in [6, 6.07) is 5.86. The minimum atomic E-state index is -0.536. The largest absolute Gasteiger partial charge is 0.438 e. The minimum Gasteiger partial charge on any atom is -0.438 e. The molecule has 9 heteroatoms. The van der Waals surface area contributed by atoms with Crippen LogP contribution in [0.15, 0.2) is 33.8 Å². The smallest absolute Gasteiger partial charge is 0.257 e. The molecule has 0 radical (unpaired) electrons. The normalized spacial score (nSPS) is 16.4. The number of nitrogens with zero attached hydrogens (tertiary/aromatic N) is 2. The fourth-order valence-electron chi connectivity index (χ4n) is 2.86. The third kappa shape index (κ3) is 2.38. The van der Waals surface area contributed by atoms with Crippen LogP contribution in [-0.4, -0.2) is 16.5 Å². The van der Waals surface area contributed by atoms with Crippen LogP contribution in [0, 0.1) is 11.3 Å². The molecule has 4 N–H and O–H groups in total. The third-order valence-electron chi connectivity index (χ3n) is 3.89. The van der Waals surface area contributed by atoms with Gasteiger partial charge < -0.3 is 20.8 Å². The number of nitrogens with two attached hydrogens (primary N) is 1. The van der Waals surface area contributed by atoms with Gasteiger partial charge in [-0.3, -0.25) is 4.79 Å². The Kier molecular flexibility index (Phi) is 3.71. The molecule has 0 saturated carbocycles. The van der Waals surface area contributed by atoms with Crippen molar-refractivity contribution in [1.82, 2.24) is 9.97 Å². The van der Waals surface area contributed by atoms with E-state index in [1.807, 2.05) is 24.4 Å². The number of aromatic nitrogens is 2. The van der Waals surface area contributed by atoms with Gasteiger partial charge in [0.2, 0.25) is 5.88 Å². The number of ether oxygens (including phenoxy) is 1. The van der Waals surface area contributed by atoms with E-state index >= 15 is 0 Å². The summed E-state index contributed by atoms with van der Waals surface area (Å²) in [6.07, 6.45) is 0. The molecule has 0 amide bonds. The second-order valence-electron chi connectivity index (χ2n) is 5.36. The predicted molar refractivity (Wildman–Crippen MR) is 98.0 cm³/mol. The highest BCUT2D eigenvalue weighted by molar-refractivity contribution is 7.22. The highest BCUT2D eigenvalue weighted by atomic mass is 32.1. The average Bonchev–Trinajstić information content (AvgIpc) is 3.23. The van der Waals surface area contributed by atoms with Gasteiger partial charge in [-0.25, -0.2) is 4.98 Å². The number of fused-ring (bicyclic) bond motifs is 3. The summed E-state index contributed by atoms with van der Waals surface area (Å²) in [7, 11) is 0. The molecule has 0 spiro atoms. The summed E-state index contributed by atoms with van der Waals surface area (Å²) in [5.41, 5.74) is 6.77. The number of thiazole rings is 1. The van der Waals surface area contributed by atoms with Crippen LogP contribution in [0.3, 0.4) is 0 Å².